The molecule has 5 heteroatoms. The van der Waals surface area contributed by atoms with Gasteiger partial charge in [0, 0.05) is 6.42 Å². The molecule has 5 rings (SSSR count). The standard InChI is InChI=1S/C42H68O5/c1-5-6-7-8-9-10-11-12-13-15-18-30-25-32(43)26-31-27-37(44)40-35-23-22-34(42(35,4)38(45)28-36(40)41(30,31)3)29(2)21-24-39(46)47-33-19-16-14-17-20-33/h14,16-17,19-20,29-32,34-38,40,43-45H,5-13,15,18,21-28H2,1-4H3. The second kappa shape index (κ2) is 16.5. The Hall–Kier alpha value is -1.43. The third-order valence-electron chi connectivity index (χ3n) is 14.5. The molecule has 4 fully saturated rings. The lowest BCUT2D eigenvalue weighted by atomic mass is 9.40. The molecule has 0 amide bonds. The molecule has 5 nitrogen and oxygen atoms in total. The summed E-state index contributed by atoms with van der Waals surface area (Å²) in [5.74, 6) is 2.56. The largest absolute Gasteiger partial charge is 0.427 e. The van der Waals surface area contributed by atoms with Crippen LogP contribution in [-0.4, -0.2) is 39.6 Å². The van der Waals surface area contributed by atoms with Gasteiger partial charge in [-0.25, -0.2) is 0 Å². The predicted molar refractivity (Wildman–Crippen MR) is 190 cm³/mol. The van der Waals surface area contributed by atoms with Gasteiger partial charge >= 0.3 is 5.97 Å². The van der Waals surface area contributed by atoms with Crippen LogP contribution in [0.3, 0.4) is 0 Å². The smallest absolute Gasteiger partial charge is 0.311 e. The van der Waals surface area contributed by atoms with Crippen LogP contribution in [0, 0.1) is 52.3 Å². The molecule has 266 valence electrons. The van der Waals surface area contributed by atoms with E-state index in [0.29, 0.717) is 35.8 Å². The number of carbonyl (C=O) groups is 1. The normalized spacial score (nSPS) is 38.7. The lowest BCUT2D eigenvalue weighted by molar-refractivity contribution is -0.223. The Morgan fingerprint density at radius 3 is 2.17 bits per heavy atom. The summed E-state index contributed by atoms with van der Waals surface area (Å²) in [6.45, 7) is 9.34. The summed E-state index contributed by atoms with van der Waals surface area (Å²) in [5.41, 5.74) is -0.204. The fourth-order valence-corrected chi connectivity index (χ4v) is 11.9. The first kappa shape index (κ1) is 36.8. The molecule has 1 aromatic rings. The highest BCUT2D eigenvalue weighted by atomic mass is 16.5. The zero-order valence-electron chi connectivity index (χ0n) is 30.3. The van der Waals surface area contributed by atoms with E-state index >= 15 is 0 Å². The summed E-state index contributed by atoms with van der Waals surface area (Å²) in [5, 5.41) is 35.0. The number of carbonyl (C=O) groups excluding carboxylic acids is 1. The van der Waals surface area contributed by atoms with E-state index in [1.807, 2.05) is 30.3 Å². The summed E-state index contributed by atoms with van der Waals surface area (Å²) < 4.78 is 5.57. The van der Waals surface area contributed by atoms with Crippen molar-refractivity contribution in [2.45, 2.75) is 168 Å². The van der Waals surface area contributed by atoms with Crippen molar-refractivity contribution in [1.82, 2.24) is 0 Å². The minimum Gasteiger partial charge on any atom is -0.427 e. The van der Waals surface area contributed by atoms with Crippen LogP contribution >= 0.6 is 0 Å². The molecule has 4 aliphatic rings. The van der Waals surface area contributed by atoms with Crippen LogP contribution in [0.15, 0.2) is 30.3 Å². The van der Waals surface area contributed by atoms with Crippen molar-refractivity contribution in [3.63, 3.8) is 0 Å². The Morgan fingerprint density at radius 2 is 1.49 bits per heavy atom. The molecule has 4 saturated carbocycles. The molecule has 1 aromatic carbocycles. The topological polar surface area (TPSA) is 87.0 Å². The molecule has 0 spiro atoms. The van der Waals surface area contributed by atoms with E-state index in [0.717, 1.165) is 51.4 Å². The minimum atomic E-state index is -0.410. The van der Waals surface area contributed by atoms with Crippen LogP contribution in [0.1, 0.15) is 150 Å². The molecule has 0 bridgehead atoms. The van der Waals surface area contributed by atoms with Crippen LogP contribution in [0.4, 0.5) is 0 Å². The monoisotopic (exact) mass is 653 g/mol. The van der Waals surface area contributed by atoms with Gasteiger partial charge in [-0.2, -0.15) is 0 Å². The highest BCUT2D eigenvalue weighted by Gasteiger charge is 2.67. The average Bonchev–Trinajstić information content (AvgIpc) is 3.41. The van der Waals surface area contributed by atoms with Crippen LogP contribution in [-0.2, 0) is 4.79 Å². The molecule has 3 N–H and O–H groups in total. The summed E-state index contributed by atoms with van der Waals surface area (Å²) in [6, 6.07) is 9.29. The number of ether oxygens (including phenoxy) is 1. The molecule has 12 unspecified atom stereocenters. The number of benzene rings is 1. The van der Waals surface area contributed by atoms with Crippen molar-refractivity contribution >= 4 is 5.97 Å². The number of rotatable bonds is 16. The van der Waals surface area contributed by atoms with Gasteiger partial charge in [0.2, 0.25) is 0 Å². The van der Waals surface area contributed by atoms with Gasteiger partial charge in [0.25, 0.3) is 0 Å². The Kier molecular flexibility index (Phi) is 12.9. The first-order chi connectivity index (χ1) is 22.6. The molecule has 47 heavy (non-hydrogen) atoms. The first-order valence-electron chi connectivity index (χ1n) is 19.9. The summed E-state index contributed by atoms with van der Waals surface area (Å²) in [6.07, 6.45) is 19.9. The summed E-state index contributed by atoms with van der Waals surface area (Å²) in [4.78, 5) is 12.7. The lowest BCUT2D eigenvalue weighted by Gasteiger charge is -2.65. The maximum atomic E-state index is 12.7. The third kappa shape index (κ3) is 7.99. The van der Waals surface area contributed by atoms with Crippen LogP contribution in [0.5, 0.6) is 5.75 Å². The Morgan fingerprint density at radius 1 is 0.830 bits per heavy atom. The number of fused-ring (bicyclic) bond motifs is 5. The van der Waals surface area contributed by atoms with Gasteiger partial charge in [-0.15, -0.1) is 0 Å². The molecule has 0 heterocycles. The summed E-state index contributed by atoms with van der Waals surface area (Å²) in [7, 11) is 0. The SMILES string of the molecule is CCCCCCCCCCCCC1CC(O)CC2CC(O)C3C(CC(O)C4(C)C(C(C)CCC(=O)Oc5ccccc5)CCC34)C12C. The van der Waals surface area contributed by atoms with Gasteiger partial charge in [-0.3, -0.25) is 4.79 Å². The molecular weight excluding hydrogens is 584 g/mol. The number of aliphatic hydroxyl groups excluding tert-OH is 3. The van der Waals surface area contributed by atoms with E-state index in [9.17, 15) is 20.1 Å². The number of para-hydroxylation sites is 1. The molecular formula is C42H68O5. The molecule has 0 aromatic heterocycles. The second-order valence-corrected chi connectivity index (χ2v) is 17.1. The maximum absolute atomic E-state index is 12.7. The molecule has 4 aliphatic carbocycles. The lowest BCUT2D eigenvalue weighted by Crippen LogP contribution is -2.64. The van der Waals surface area contributed by atoms with Gasteiger partial charge in [0.1, 0.15) is 5.75 Å². The number of hydrogen-bond acceptors (Lipinski definition) is 5. The van der Waals surface area contributed by atoms with Gasteiger partial charge in [0.05, 0.1) is 18.3 Å². The summed E-state index contributed by atoms with van der Waals surface area (Å²) >= 11 is 0. The van der Waals surface area contributed by atoms with Crippen LogP contribution < -0.4 is 4.74 Å². The van der Waals surface area contributed by atoms with Crippen molar-refractivity contribution in [1.29, 1.82) is 0 Å². The van der Waals surface area contributed by atoms with Gasteiger partial charge in [-0.1, -0.05) is 110 Å². The number of unbranched alkanes of at least 4 members (excludes halogenated alkanes) is 9. The van der Waals surface area contributed by atoms with Crippen molar-refractivity contribution in [3.8, 4) is 5.75 Å². The quantitative estimate of drug-likeness (QED) is 0.0941. The average molecular weight is 653 g/mol. The van der Waals surface area contributed by atoms with Gasteiger partial charge in [-0.05, 0) is 116 Å². The predicted octanol–water partition coefficient (Wildman–Crippen LogP) is 9.51. The maximum Gasteiger partial charge on any atom is 0.311 e. The minimum absolute atomic E-state index is 0.0512. The van der Waals surface area contributed by atoms with Crippen molar-refractivity contribution < 1.29 is 24.9 Å². The third-order valence-corrected chi connectivity index (χ3v) is 14.5. The fraction of sp³-hybridized carbons (Fsp3) is 0.833. The number of esters is 1. The van der Waals surface area contributed by atoms with Crippen molar-refractivity contribution in [2.24, 2.45) is 52.3 Å². The van der Waals surface area contributed by atoms with Crippen molar-refractivity contribution in [2.75, 3.05) is 0 Å². The first-order valence-corrected chi connectivity index (χ1v) is 19.9. The van der Waals surface area contributed by atoms with E-state index in [1.165, 1.54) is 64.2 Å². The van der Waals surface area contributed by atoms with Crippen LogP contribution in [0.2, 0.25) is 0 Å². The second-order valence-electron chi connectivity index (χ2n) is 17.1. The van der Waals surface area contributed by atoms with Crippen molar-refractivity contribution in [3.05, 3.63) is 30.3 Å². The van der Waals surface area contributed by atoms with Gasteiger partial charge < -0.3 is 20.1 Å². The Labute approximate surface area is 286 Å². The van der Waals surface area contributed by atoms with Gasteiger partial charge in [0.15, 0.2) is 0 Å². The van der Waals surface area contributed by atoms with E-state index in [2.05, 4.69) is 27.7 Å². The highest BCUT2D eigenvalue weighted by molar-refractivity contribution is 5.72. The Bertz CT molecular complexity index is 1110. The van der Waals surface area contributed by atoms with E-state index < -0.39 is 6.10 Å². The molecule has 0 saturated heterocycles. The van der Waals surface area contributed by atoms with E-state index in [-0.39, 0.29) is 46.8 Å². The fourth-order valence-electron chi connectivity index (χ4n) is 11.9. The zero-order chi connectivity index (χ0) is 33.6. The molecule has 12 atom stereocenters. The number of aliphatic hydroxyl groups is 3. The van der Waals surface area contributed by atoms with Crippen LogP contribution in [0.25, 0.3) is 0 Å². The number of hydrogen-bond donors (Lipinski definition) is 3. The van der Waals surface area contributed by atoms with E-state index in [4.69, 9.17) is 4.74 Å². The highest BCUT2D eigenvalue weighted by Crippen LogP contribution is 2.69. The van der Waals surface area contributed by atoms with E-state index in [1.54, 1.807) is 0 Å². The zero-order valence-corrected chi connectivity index (χ0v) is 30.3. The Balaban J connectivity index is 1.21. The molecule has 0 radical (unpaired) electrons. The molecule has 0 aliphatic heterocycles.